The Bertz CT molecular complexity index is 558. The lowest BCUT2D eigenvalue weighted by molar-refractivity contribution is -0.120. The van der Waals surface area contributed by atoms with Crippen LogP contribution in [0.2, 0.25) is 0 Å². The maximum Gasteiger partial charge on any atom is 0.243 e. The van der Waals surface area contributed by atoms with E-state index >= 15 is 0 Å². The molecule has 1 aromatic carbocycles. The van der Waals surface area contributed by atoms with E-state index in [4.69, 9.17) is 0 Å². The van der Waals surface area contributed by atoms with Crippen molar-refractivity contribution >= 4 is 31.9 Å². The number of rotatable bonds is 6. The number of sulfonamides is 1. The van der Waals surface area contributed by atoms with Crippen molar-refractivity contribution in [3.8, 4) is 0 Å². The number of halogens is 1. The number of amides is 1. The van der Waals surface area contributed by atoms with Crippen LogP contribution < -0.4 is 5.32 Å². The van der Waals surface area contributed by atoms with Crippen molar-refractivity contribution in [3.05, 3.63) is 41.4 Å². The molecule has 0 saturated carbocycles. The molecule has 0 heterocycles. The van der Waals surface area contributed by atoms with Crippen LogP contribution in [-0.2, 0) is 14.8 Å². The third kappa shape index (κ3) is 4.77. The summed E-state index contributed by atoms with van der Waals surface area (Å²) in [5.41, 5.74) is 0. The summed E-state index contributed by atoms with van der Waals surface area (Å²) in [6.07, 6.45) is 0. The van der Waals surface area contributed by atoms with Crippen LogP contribution in [0.25, 0.3) is 0 Å². The highest BCUT2D eigenvalue weighted by atomic mass is 79.9. The van der Waals surface area contributed by atoms with Gasteiger partial charge in [0, 0.05) is 18.1 Å². The fourth-order valence-electron chi connectivity index (χ4n) is 1.31. The van der Waals surface area contributed by atoms with Crippen LogP contribution in [0.3, 0.4) is 0 Å². The Morgan fingerprint density at radius 1 is 1.37 bits per heavy atom. The van der Waals surface area contributed by atoms with E-state index in [-0.39, 0.29) is 23.9 Å². The summed E-state index contributed by atoms with van der Waals surface area (Å²) in [6.45, 7) is 3.60. The summed E-state index contributed by atoms with van der Waals surface area (Å²) in [7, 11) is -2.27. The van der Waals surface area contributed by atoms with E-state index in [2.05, 4.69) is 27.8 Å². The van der Waals surface area contributed by atoms with Gasteiger partial charge in [0.2, 0.25) is 15.9 Å². The minimum atomic E-state index is -3.63. The van der Waals surface area contributed by atoms with Crippen molar-refractivity contribution in [2.24, 2.45) is 0 Å². The highest BCUT2D eigenvalue weighted by Crippen LogP contribution is 2.12. The first-order chi connectivity index (χ1) is 8.84. The van der Waals surface area contributed by atoms with Crippen molar-refractivity contribution in [2.45, 2.75) is 4.90 Å². The molecule has 104 valence electrons. The van der Waals surface area contributed by atoms with E-state index in [9.17, 15) is 13.2 Å². The fraction of sp³-hybridized carbons (Fsp3) is 0.250. The molecule has 1 amide bonds. The van der Waals surface area contributed by atoms with Crippen LogP contribution in [-0.4, -0.2) is 38.8 Å². The Morgan fingerprint density at radius 2 is 1.95 bits per heavy atom. The monoisotopic (exact) mass is 346 g/mol. The SMILES string of the molecule is C=C(Br)CNC(=O)CN(C)S(=O)(=O)c1ccccc1. The topological polar surface area (TPSA) is 66.5 Å². The van der Waals surface area contributed by atoms with Gasteiger partial charge in [0.25, 0.3) is 0 Å². The molecule has 0 aliphatic heterocycles. The van der Waals surface area contributed by atoms with Gasteiger partial charge in [0.15, 0.2) is 0 Å². The molecule has 5 nitrogen and oxygen atoms in total. The van der Waals surface area contributed by atoms with Crippen LogP contribution in [0.4, 0.5) is 0 Å². The Kier molecular flexibility index (Phi) is 5.71. The smallest absolute Gasteiger partial charge is 0.243 e. The molecule has 1 rings (SSSR count). The normalized spacial score (nSPS) is 11.3. The first-order valence-corrected chi connectivity index (χ1v) is 7.68. The zero-order chi connectivity index (χ0) is 14.5. The lowest BCUT2D eigenvalue weighted by Gasteiger charge is -2.16. The lowest BCUT2D eigenvalue weighted by atomic mass is 10.4. The zero-order valence-corrected chi connectivity index (χ0v) is 12.9. The molecule has 7 heteroatoms. The number of carbonyl (C=O) groups is 1. The summed E-state index contributed by atoms with van der Waals surface area (Å²) in [4.78, 5) is 11.7. The average Bonchev–Trinajstić information content (AvgIpc) is 2.37. The third-order valence-electron chi connectivity index (χ3n) is 2.30. The standard InChI is InChI=1S/C12H15BrN2O3S/c1-10(13)8-14-12(16)9-15(2)19(17,18)11-6-4-3-5-7-11/h3-7H,1,8-9H2,2H3,(H,14,16). The predicted molar refractivity (Wildman–Crippen MR) is 77.3 cm³/mol. The number of hydrogen-bond donors (Lipinski definition) is 1. The van der Waals surface area contributed by atoms with Gasteiger partial charge in [0.1, 0.15) is 0 Å². The molecule has 0 radical (unpaired) electrons. The van der Waals surface area contributed by atoms with Crippen LogP contribution in [0.5, 0.6) is 0 Å². The Labute approximate surface area is 121 Å². The van der Waals surface area contributed by atoms with Crippen LogP contribution in [0, 0.1) is 0 Å². The molecule has 0 fully saturated rings. The van der Waals surface area contributed by atoms with Gasteiger partial charge in [-0.05, 0) is 12.1 Å². The molecule has 0 bridgehead atoms. The van der Waals surface area contributed by atoms with E-state index in [0.717, 1.165) is 4.31 Å². The molecule has 0 unspecified atom stereocenters. The van der Waals surface area contributed by atoms with Crippen molar-refractivity contribution in [2.75, 3.05) is 20.1 Å². The Hall–Kier alpha value is -1.18. The van der Waals surface area contributed by atoms with E-state index in [0.29, 0.717) is 4.48 Å². The molecule has 1 aromatic rings. The molecule has 0 aliphatic rings. The third-order valence-corrected chi connectivity index (χ3v) is 4.39. The van der Waals surface area contributed by atoms with Gasteiger partial charge in [-0.2, -0.15) is 4.31 Å². The lowest BCUT2D eigenvalue weighted by Crippen LogP contribution is -2.38. The molecular weight excluding hydrogens is 332 g/mol. The number of hydrogen-bond acceptors (Lipinski definition) is 3. The van der Waals surface area contributed by atoms with Crippen molar-refractivity contribution in [3.63, 3.8) is 0 Å². The van der Waals surface area contributed by atoms with E-state index < -0.39 is 10.0 Å². The number of nitrogens with one attached hydrogen (secondary N) is 1. The maximum absolute atomic E-state index is 12.1. The summed E-state index contributed by atoms with van der Waals surface area (Å²) >= 11 is 3.10. The highest BCUT2D eigenvalue weighted by molar-refractivity contribution is 9.11. The number of likely N-dealkylation sites (N-methyl/N-ethyl adjacent to an activating group) is 1. The predicted octanol–water partition coefficient (Wildman–Crippen LogP) is 1.33. The van der Waals surface area contributed by atoms with Gasteiger partial charge in [-0.15, -0.1) is 0 Å². The molecule has 1 N–H and O–H groups in total. The molecule has 0 aliphatic carbocycles. The second-order valence-corrected chi connectivity index (χ2v) is 7.03. The largest absolute Gasteiger partial charge is 0.350 e. The van der Waals surface area contributed by atoms with Crippen molar-refractivity contribution in [1.29, 1.82) is 0 Å². The molecule has 0 spiro atoms. The quantitative estimate of drug-likeness (QED) is 0.844. The van der Waals surface area contributed by atoms with Gasteiger partial charge in [0.05, 0.1) is 11.4 Å². The maximum atomic E-state index is 12.1. The van der Waals surface area contributed by atoms with Crippen LogP contribution >= 0.6 is 15.9 Å². The second kappa shape index (κ2) is 6.83. The first kappa shape index (κ1) is 15.9. The molecule has 0 atom stereocenters. The van der Waals surface area contributed by atoms with Crippen molar-refractivity contribution < 1.29 is 13.2 Å². The summed E-state index contributed by atoms with van der Waals surface area (Å²) in [5.74, 6) is -0.386. The van der Waals surface area contributed by atoms with Crippen LogP contribution in [0.1, 0.15) is 0 Å². The van der Waals surface area contributed by atoms with Gasteiger partial charge in [-0.3, -0.25) is 4.79 Å². The number of benzene rings is 1. The van der Waals surface area contributed by atoms with Gasteiger partial charge in [-0.25, -0.2) is 8.42 Å². The zero-order valence-electron chi connectivity index (χ0n) is 10.5. The fourth-order valence-corrected chi connectivity index (χ4v) is 2.60. The van der Waals surface area contributed by atoms with E-state index in [1.54, 1.807) is 18.2 Å². The van der Waals surface area contributed by atoms with E-state index in [1.165, 1.54) is 19.2 Å². The Morgan fingerprint density at radius 3 is 2.47 bits per heavy atom. The molecule has 0 saturated heterocycles. The summed E-state index contributed by atoms with van der Waals surface area (Å²) in [5, 5.41) is 2.55. The minimum absolute atomic E-state index is 0.162. The average molecular weight is 347 g/mol. The molecule has 19 heavy (non-hydrogen) atoms. The van der Waals surface area contributed by atoms with Gasteiger partial charge in [-0.1, -0.05) is 40.7 Å². The molecular formula is C12H15BrN2O3S. The minimum Gasteiger partial charge on any atom is -0.350 e. The van der Waals surface area contributed by atoms with Gasteiger partial charge < -0.3 is 5.32 Å². The second-order valence-electron chi connectivity index (χ2n) is 3.87. The first-order valence-electron chi connectivity index (χ1n) is 5.45. The van der Waals surface area contributed by atoms with E-state index in [1.807, 2.05) is 0 Å². The number of nitrogens with zero attached hydrogens (tertiary/aromatic N) is 1. The number of carbonyl (C=O) groups excluding carboxylic acids is 1. The Balaban J connectivity index is 2.70. The van der Waals surface area contributed by atoms with Crippen LogP contribution in [0.15, 0.2) is 46.3 Å². The molecule has 0 aromatic heterocycles. The summed E-state index contributed by atoms with van der Waals surface area (Å²) in [6, 6.07) is 7.98. The van der Waals surface area contributed by atoms with Gasteiger partial charge >= 0.3 is 0 Å². The van der Waals surface area contributed by atoms with Crippen molar-refractivity contribution in [1.82, 2.24) is 9.62 Å². The highest BCUT2D eigenvalue weighted by Gasteiger charge is 2.22. The summed E-state index contributed by atoms with van der Waals surface area (Å²) < 4.78 is 25.9.